The molecule has 4 aromatic heterocycles. The maximum Gasteiger partial charge on any atom is 0.165 e. The predicted molar refractivity (Wildman–Crippen MR) is 246 cm³/mol. The van der Waals surface area contributed by atoms with E-state index in [1.165, 1.54) is 42.5 Å². The summed E-state index contributed by atoms with van der Waals surface area (Å²) in [4.78, 5) is 15.4. The number of furan rings is 1. The van der Waals surface area contributed by atoms with Crippen LogP contribution < -0.4 is 0 Å². The fraction of sp³-hybridized carbons (Fsp3) is 0. The van der Waals surface area contributed by atoms with Gasteiger partial charge in [-0.1, -0.05) is 133 Å². The van der Waals surface area contributed by atoms with Gasteiger partial charge in [0.05, 0.1) is 16.7 Å². The summed E-state index contributed by atoms with van der Waals surface area (Å²) in [5, 5.41) is 11.8. The zero-order valence-electron chi connectivity index (χ0n) is 31.4. The lowest BCUT2D eigenvalue weighted by molar-refractivity contribution is 0.669. The van der Waals surface area contributed by atoms with Gasteiger partial charge < -0.3 is 8.98 Å². The smallest absolute Gasteiger partial charge is 0.165 e. The van der Waals surface area contributed by atoms with Crippen molar-refractivity contribution < 1.29 is 4.42 Å². The molecule has 0 bridgehead atoms. The summed E-state index contributed by atoms with van der Waals surface area (Å²) in [5.74, 6) is 1.87. The average Bonchev–Trinajstić information content (AvgIpc) is 3.97. The molecule has 0 saturated carbocycles. The molecule has 4 heterocycles. The maximum absolute atomic E-state index is 6.89. The quantitative estimate of drug-likeness (QED) is 0.179. The molecule has 59 heavy (non-hydrogen) atoms. The second-order valence-corrected chi connectivity index (χ2v) is 16.2. The molecule has 9 aromatic carbocycles. The molecule has 0 fully saturated rings. The lowest BCUT2D eigenvalue weighted by Crippen LogP contribution is -2.00. The first-order valence-electron chi connectivity index (χ1n) is 19.8. The molecule has 6 heteroatoms. The van der Waals surface area contributed by atoms with Crippen LogP contribution in [0.5, 0.6) is 0 Å². The first-order chi connectivity index (χ1) is 29.2. The van der Waals surface area contributed by atoms with Crippen LogP contribution in [0, 0.1) is 0 Å². The fourth-order valence-electron chi connectivity index (χ4n) is 9.13. The van der Waals surface area contributed by atoms with Gasteiger partial charge in [0.25, 0.3) is 0 Å². The molecule has 0 aliphatic rings. The monoisotopic (exact) mass is 770 g/mol. The summed E-state index contributed by atoms with van der Waals surface area (Å²) in [6, 6.07) is 64.3. The van der Waals surface area contributed by atoms with Gasteiger partial charge in [0.2, 0.25) is 0 Å². The standard InChI is InChI=1S/C53H30N4OS/c1-2-13-31(14-3-1)51-54-52(56-53(55-51)41-22-12-21-39-37-19-9-11-24-48(37)59-50(39)41)34-25-26-40-46(29-34)58-47-30-45(35-17-6-7-20-38(35)49(40)47)57-43-23-10-8-18-36(43)42-27-32-15-4-5-16-33(32)28-44(42)57/h1-30H. The molecule has 0 aliphatic heterocycles. The zero-order chi connectivity index (χ0) is 38.6. The van der Waals surface area contributed by atoms with E-state index in [2.05, 4.69) is 156 Å². The van der Waals surface area contributed by atoms with Crippen molar-refractivity contribution >= 4 is 96.8 Å². The van der Waals surface area contributed by atoms with Crippen LogP contribution in [0.15, 0.2) is 186 Å². The topological polar surface area (TPSA) is 56.7 Å². The molecular weight excluding hydrogens is 741 g/mol. The Bertz CT molecular complexity index is 3860. The molecule has 0 N–H and O–H groups in total. The highest BCUT2D eigenvalue weighted by Gasteiger charge is 2.21. The van der Waals surface area contributed by atoms with Crippen molar-refractivity contribution in [3.63, 3.8) is 0 Å². The minimum Gasteiger partial charge on any atom is -0.456 e. The van der Waals surface area contributed by atoms with Crippen LogP contribution in [0.2, 0.25) is 0 Å². The summed E-state index contributed by atoms with van der Waals surface area (Å²) < 4.78 is 11.7. The van der Waals surface area contributed by atoms with E-state index in [1.54, 1.807) is 11.3 Å². The summed E-state index contributed by atoms with van der Waals surface area (Å²) >= 11 is 1.78. The van der Waals surface area contributed by atoms with E-state index < -0.39 is 0 Å². The predicted octanol–water partition coefficient (Wildman–Crippen LogP) is 14.5. The third kappa shape index (κ3) is 4.87. The Morgan fingerprint density at radius 1 is 0.407 bits per heavy atom. The van der Waals surface area contributed by atoms with Crippen molar-refractivity contribution in [1.29, 1.82) is 0 Å². The Balaban J connectivity index is 1.03. The Morgan fingerprint density at radius 3 is 1.95 bits per heavy atom. The Morgan fingerprint density at radius 2 is 1.08 bits per heavy atom. The van der Waals surface area contributed by atoms with Gasteiger partial charge in [0.15, 0.2) is 17.5 Å². The van der Waals surface area contributed by atoms with Crippen LogP contribution in [-0.2, 0) is 0 Å². The van der Waals surface area contributed by atoms with E-state index in [4.69, 9.17) is 19.4 Å². The fourth-order valence-corrected chi connectivity index (χ4v) is 10.3. The second-order valence-electron chi connectivity index (χ2n) is 15.1. The van der Waals surface area contributed by atoms with Crippen LogP contribution in [0.25, 0.3) is 125 Å². The third-order valence-electron chi connectivity index (χ3n) is 11.8. The number of para-hydroxylation sites is 1. The van der Waals surface area contributed by atoms with Crippen LogP contribution in [0.1, 0.15) is 0 Å². The highest BCUT2D eigenvalue weighted by Crippen LogP contribution is 2.43. The summed E-state index contributed by atoms with van der Waals surface area (Å²) in [6.45, 7) is 0. The van der Waals surface area contributed by atoms with E-state index in [9.17, 15) is 0 Å². The van der Waals surface area contributed by atoms with Crippen LogP contribution in [0.4, 0.5) is 0 Å². The van der Waals surface area contributed by atoms with E-state index in [0.29, 0.717) is 17.5 Å². The van der Waals surface area contributed by atoms with E-state index in [0.717, 1.165) is 65.3 Å². The van der Waals surface area contributed by atoms with Crippen molar-refractivity contribution in [2.24, 2.45) is 0 Å². The first kappa shape index (κ1) is 32.4. The van der Waals surface area contributed by atoms with Gasteiger partial charge in [-0.25, -0.2) is 15.0 Å². The van der Waals surface area contributed by atoms with Gasteiger partial charge in [-0.3, -0.25) is 0 Å². The molecule has 0 atom stereocenters. The number of hydrogen-bond donors (Lipinski definition) is 0. The highest BCUT2D eigenvalue weighted by atomic mass is 32.1. The van der Waals surface area contributed by atoms with Crippen LogP contribution in [-0.4, -0.2) is 19.5 Å². The number of nitrogens with zero attached hydrogens (tertiary/aromatic N) is 4. The minimum atomic E-state index is 0.595. The Labute approximate surface area is 341 Å². The van der Waals surface area contributed by atoms with Crippen molar-refractivity contribution in [2.45, 2.75) is 0 Å². The summed E-state index contributed by atoms with van der Waals surface area (Å²) in [6.07, 6.45) is 0. The van der Waals surface area contributed by atoms with Gasteiger partial charge in [-0.2, -0.15) is 0 Å². The number of thiophene rings is 1. The SMILES string of the molecule is c1ccc(-c2nc(-c3ccc4c(c3)oc3cc(-n5c6ccccc6c6cc7ccccc7cc65)c5ccccc5c34)nc(-c3cccc4c3sc3ccccc34)n2)cc1. The van der Waals surface area contributed by atoms with Gasteiger partial charge in [0.1, 0.15) is 11.2 Å². The molecule has 0 spiro atoms. The number of aromatic nitrogens is 4. The average molecular weight is 771 g/mol. The Kier molecular flexibility index (Phi) is 6.82. The maximum atomic E-state index is 6.89. The van der Waals surface area contributed by atoms with E-state index >= 15 is 0 Å². The number of hydrogen-bond acceptors (Lipinski definition) is 5. The molecule has 13 aromatic rings. The molecule has 0 amide bonds. The number of rotatable bonds is 4. The molecule has 13 rings (SSSR count). The minimum absolute atomic E-state index is 0.595. The van der Waals surface area contributed by atoms with Crippen molar-refractivity contribution in [3.05, 3.63) is 182 Å². The second kappa shape index (κ2) is 12.4. The lowest BCUT2D eigenvalue weighted by atomic mass is 10.0. The normalized spacial score (nSPS) is 12.1. The number of benzene rings is 9. The molecule has 274 valence electrons. The van der Waals surface area contributed by atoms with Gasteiger partial charge in [-0.15, -0.1) is 11.3 Å². The Hall–Kier alpha value is -7.67. The third-order valence-corrected chi connectivity index (χ3v) is 13.0. The van der Waals surface area contributed by atoms with Crippen LogP contribution >= 0.6 is 11.3 Å². The van der Waals surface area contributed by atoms with Crippen molar-refractivity contribution in [3.8, 4) is 39.9 Å². The zero-order valence-corrected chi connectivity index (χ0v) is 32.2. The first-order valence-corrected chi connectivity index (χ1v) is 20.6. The molecule has 0 radical (unpaired) electrons. The molecule has 5 nitrogen and oxygen atoms in total. The molecule has 0 saturated heterocycles. The molecule has 0 aliphatic carbocycles. The molecule has 0 unspecified atom stereocenters. The van der Waals surface area contributed by atoms with Crippen LogP contribution in [0.3, 0.4) is 0 Å². The molecular formula is C53H30N4OS. The van der Waals surface area contributed by atoms with Crippen molar-refractivity contribution in [2.75, 3.05) is 0 Å². The largest absolute Gasteiger partial charge is 0.456 e. The van der Waals surface area contributed by atoms with E-state index in [-0.39, 0.29) is 0 Å². The van der Waals surface area contributed by atoms with Crippen molar-refractivity contribution in [1.82, 2.24) is 19.5 Å². The highest BCUT2D eigenvalue weighted by molar-refractivity contribution is 7.26. The summed E-state index contributed by atoms with van der Waals surface area (Å²) in [5.41, 5.74) is 7.80. The van der Waals surface area contributed by atoms with Gasteiger partial charge in [0, 0.05) is 69.9 Å². The van der Waals surface area contributed by atoms with E-state index in [1.807, 2.05) is 30.3 Å². The lowest BCUT2D eigenvalue weighted by Gasteiger charge is -2.13. The number of fused-ring (bicyclic) bond motifs is 12. The van der Waals surface area contributed by atoms with Gasteiger partial charge in [-0.05, 0) is 58.6 Å². The van der Waals surface area contributed by atoms with Gasteiger partial charge >= 0.3 is 0 Å². The summed E-state index contributed by atoms with van der Waals surface area (Å²) in [7, 11) is 0.